The molecule has 0 spiro atoms. The highest BCUT2D eigenvalue weighted by Gasteiger charge is 2.30. The lowest BCUT2D eigenvalue weighted by Gasteiger charge is -2.31. The summed E-state index contributed by atoms with van der Waals surface area (Å²) >= 11 is 0. The molecule has 3 rings (SSSR count). The first-order valence-corrected chi connectivity index (χ1v) is 9.35. The Kier molecular flexibility index (Phi) is 6.20. The maximum atomic E-state index is 12.5. The SMILES string of the molecule is O=C(NCCC1=CCCCC1)[C@H]1CCC(=O)N(Cc2ccccn2)C1. The molecule has 0 aromatic carbocycles. The van der Waals surface area contributed by atoms with Gasteiger partial charge >= 0.3 is 0 Å². The number of hydrogen-bond donors (Lipinski definition) is 1. The average molecular weight is 341 g/mol. The van der Waals surface area contributed by atoms with Gasteiger partial charge in [-0.3, -0.25) is 14.6 Å². The number of allylic oxidation sites excluding steroid dienone is 1. The molecule has 1 atom stereocenters. The molecule has 5 nitrogen and oxygen atoms in total. The number of hydrogen-bond acceptors (Lipinski definition) is 3. The summed E-state index contributed by atoms with van der Waals surface area (Å²) in [6, 6.07) is 5.69. The van der Waals surface area contributed by atoms with Gasteiger partial charge in [-0.1, -0.05) is 17.7 Å². The molecule has 1 aromatic rings. The van der Waals surface area contributed by atoms with E-state index in [9.17, 15) is 9.59 Å². The van der Waals surface area contributed by atoms with Gasteiger partial charge in [0.05, 0.1) is 18.2 Å². The molecule has 25 heavy (non-hydrogen) atoms. The molecule has 1 saturated heterocycles. The number of rotatable bonds is 6. The predicted octanol–water partition coefficient (Wildman–Crippen LogP) is 2.83. The second kappa shape index (κ2) is 8.79. The number of carbonyl (C=O) groups is 2. The number of amides is 2. The van der Waals surface area contributed by atoms with Crippen LogP contribution < -0.4 is 5.32 Å². The second-order valence-corrected chi connectivity index (χ2v) is 6.98. The average Bonchev–Trinajstić information content (AvgIpc) is 2.65. The van der Waals surface area contributed by atoms with E-state index < -0.39 is 0 Å². The van der Waals surface area contributed by atoms with Crippen molar-refractivity contribution in [1.29, 1.82) is 0 Å². The number of nitrogens with zero attached hydrogens (tertiary/aromatic N) is 2. The van der Waals surface area contributed by atoms with Gasteiger partial charge in [-0.15, -0.1) is 0 Å². The highest BCUT2D eigenvalue weighted by molar-refractivity contribution is 5.83. The van der Waals surface area contributed by atoms with E-state index in [0.717, 1.165) is 12.1 Å². The molecule has 1 aromatic heterocycles. The van der Waals surface area contributed by atoms with Crippen molar-refractivity contribution in [3.63, 3.8) is 0 Å². The molecule has 1 N–H and O–H groups in total. The minimum Gasteiger partial charge on any atom is -0.355 e. The molecule has 2 aliphatic rings. The molecule has 1 aliphatic heterocycles. The van der Waals surface area contributed by atoms with Gasteiger partial charge in [0.15, 0.2) is 0 Å². The molecule has 2 amide bonds. The van der Waals surface area contributed by atoms with E-state index >= 15 is 0 Å². The molecule has 0 bridgehead atoms. The molecule has 0 unspecified atom stereocenters. The lowest BCUT2D eigenvalue weighted by atomic mass is 9.95. The van der Waals surface area contributed by atoms with Crippen LogP contribution >= 0.6 is 0 Å². The lowest BCUT2D eigenvalue weighted by Crippen LogP contribution is -2.45. The second-order valence-electron chi connectivity index (χ2n) is 6.98. The molecule has 2 heterocycles. The van der Waals surface area contributed by atoms with Gasteiger partial charge in [0, 0.05) is 25.7 Å². The normalized spacial score (nSPS) is 21.0. The topological polar surface area (TPSA) is 62.3 Å². The van der Waals surface area contributed by atoms with Crippen molar-refractivity contribution >= 4 is 11.8 Å². The van der Waals surface area contributed by atoms with E-state index in [0.29, 0.717) is 32.5 Å². The molecule has 1 aliphatic carbocycles. The number of pyridine rings is 1. The number of nitrogens with one attached hydrogen (secondary N) is 1. The van der Waals surface area contributed by atoms with Crippen molar-refractivity contribution in [2.45, 2.75) is 51.5 Å². The number of carbonyl (C=O) groups excluding carboxylic acids is 2. The van der Waals surface area contributed by atoms with Gasteiger partial charge in [-0.25, -0.2) is 0 Å². The maximum Gasteiger partial charge on any atom is 0.224 e. The van der Waals surface area contributed by atoms with Crippen LogP contribution in [0.4, 0.5) is 0 Å². The molecular formula is C20H27N3O2. The Hall–Kier alpha value is -2.17. The van der Waals surface area contributed by atoms with Crippen molar-refractivity contribution < 1.29 is 9.59 Å². The first kappa shape index (κ1) is 17.6. The highest BCUT2D eigenvalue weighted by atomic mass is 16.2. The Morgan fingerprint density at radius 2 is 2.20 bits per heavy atom. The zero-order valence-electron chi connectivity index (χ0n) is 14.7. The van der Waals surface area contributed by atoms with E-state index in [1.54, 1.807) is 11.1 Å². The van der Waals surface area contributed by atoms with Gasteiger partial charge in [-0.05, 0) is 50.7 Å². The molecular weight excluding hydrogens is 314 g/mol. The largest absolute Gasteiger partial charge is 0.355 e. The fraction of sp³-hybridized carbons (Fsp3) is 0.550. The van der Waals surface area contributed by atoms with Crippen molar-refractivity contribution in [3.8, 4) is 0 Å². The number of aromatic nitrogens is 1. The summed E-state index contributed by atoms with van der Waals surface area (Å²) in [4.78, 5) is 30.6. The van der Waals surface area contributed by atoms with Crippen LogP contribution in [0.1, 0.15) is 50.6 Å². The number of piperidine rings is 1. The summed E-state index contributed by atoms with van der Waals surface area (Å²) in [5.74, 6) is 0.0822. The summed E-state index contributed by atoms with van der Waals surface area (Å²) in [7, 11) is 0. The van der Waals surface area contributed by atoms with Crippen LogP contribution in [0.2, 0.25) is 0 Å². The van der Waals surface area contributed by atoms with Crippen molar-refractivity contribution in [1.82, 2.24) is 15.2 Å². The summed E-state index contributed by atoms with van der Waals surface area (Å²) in [6.07, 6.45) is 11.0. The van der Waals surface area contributed by atoms with E-state index in [2.05, 4.69) is 16.4 Å². The summed E-state index contributed by atoms with van der Waals surface area (Å²) < 4.78 is 0. The Morgan fingerprint density at radius 1 is 1.28 bits per heavy atom. The molecule has 0 radical (unpaired) electrons. The van der Waals surface area contributed by atoms with Crippen LogP contribution in [0.5, 0.6) is 0 Å². The van der Waals surface area contributed by atoms with E-state index in [1.165, 1.54) is 31.3 Å². The summed E-state index contributed by atoms with van der Waals surface area (Å²) in [5.41, 5.74) is 2.34. The minimum absolute atomic E-state index is 0.0786. The maximum absolute atomic E-state index is 12.5. The van der Waals surface area contributed by atoms with Gasteiger partial charge < -0.3 is 10.2 Å². The standard InChI is InChI=1S/C20H27N3O2/c24-19-10-9-17(14-23(19)15-18-8-4-5-12-21-18)20(25)22-13-11-16-6-2-1-3-7-16/h4-6,8,12,17H,1-3,7,9-11,13-15H2,(H,22,25)/t17-/m0/s1. The van der Waals surface area contributed by atoms with Crippen LogP contribution in [0.15, 0.2) is 36.0 Å². The van der Waals surface area contributed by atoms with Gasteiger partial charge in [0.25, 0.3) is 0 Å². The van der Waals surface area contributed by atoms with Crippen LogP contribution in [-0.2, 0) is 16.1 Å². The fourth-order valence-electron chi connectivity index (χ4n) is 3.59. The third kappa shape index (κ3) is 5.15. The minimum atomic E-state index is -0.109. The zero-order chi connectivity index (χ0) is 17.5. The Balaban J connectivity index is 1.47. The third-order valence-electron chi connectivity index (χ3n) is 5.08. The lowest BCUT2D eigenvalue weighted by molar-refractivity contribution is -0.138. The van der Waals surface area contributed by atoms with Gasteiger partial charge in [0.2, 0.25) is 11.8 Å². The third-order valence-corrected chi connectivity index (χ3v) is 5.08. The molecule has 1 fully saturated rings. The Labute approximate surface area is 149 Å². The van der Waals surface area contributed by atoms with Crippen LogP contribution in [-0.4, -0.2) is 34.8 Å². The Morgan fingerprint density at radius 3 is 2.96 bits per heavy atom. The monoisotopic (exact) mass is 341 g/mol. The van der Waals surface area contributed by atoms with Crippen molar-refractivity contribution in [2.75, 3.05) is 13.1 Å². The Bertz CT molecular complexity index is 627. The van der Waals surface area contributed by atoms with Crippen molar-refractivity contribution in [2.24, 2.45) is 5.92 Å². The molecule has 134 valence electrons. The van der Waals surface area contributed by atoms with Crippen molar-refractivity contribution in [3.05, 3.63) is 41.7 Å². The number of likely N-dealkylation sites (tertiary alicyclic amines) is 1. The van der Waals surface area contributed by atoms with Gasteiger partial charge in [-0.2, -0.15) is 0 Å². The molecule has 0 saturated carbocycles. The van der Waals surface area contributed by atoms with E-state index in [-0.39, 0.29) is 17.7 Å². The van der Waals surface area contributed by atoms with E-state index in [4.69, 9.17) is 0 Å². The summed E-state index contributed by atoms with van der Waals surface area (Å²) in [6.45, 7) is 1.68. The summed E-state index contributed by atoms with van der Waals surface area (Å²) in [5, 5.41) is 3.07. The fourth-order valence-corrected chi connectivity index (χ4v) is 3.59. The molecule has 5 heteroatoms. The van der Waals surface area contributed by atoms with Crippen LogP contribution in [0.25, 0.3) is 0 Å². The van der Waals surface area contributed by atoms with Crippen LogP contribution in [0.3, 0.4) is 0 Å². The first-order chi connectivity index (χ1) is 12.2. The van der Waals surface area contributed by atoms with E-state index in [1.807, 2.05) is 18.2 Å². The zero-order valence-corrected chi connectivity index (χ0v) is 14.7. The smallest absolute Gasteiger partial charge is 0.224 e. The predicted molar refractivity (Wildman–Crippen MR) is 96.6 cm³/mol. The first-order valence-electron chi connectivity index (χ1n) is 9.35. The van der Waals surface area contributed by atoms with Crippen LogP contribution in [0, 0.1) is 5.92 Å². The van der Waals surface area contributed by atoms with Gasteiger partial charge in [0.1, 0.15) is 0 Å². The quantitative estimate of drug-likeness (QED) is 0.809. The highest BCUT2D eigenvalue weighted by Crippen LogP contribution is 2.21.